The Labute approximate surface area is 129 Å². The van der Waals surface area contributed by atoms with Gasteiger partial charge in [-0.25, -0.2) is 9.59 Å². The monoisotopic (exact) mass is 317 g/mol. The van der Waals surface area contributed by atoms with Gasteiger partial charge in [0.05, 0.1) is 5.37 Å². The molecule has 1 aliphatic heterocycles. The van der Waals surface area contributed by atoms with E-state index in [-0.39, 0.29) is 23.7 Å². The molecule has 1 fully saturated rings. The summed E-state index contributed by atoms with van der Waals surface area (Å²) in [7, 11) is 1.51. The van der Waals surface area contributed by atoms with Crippen LogP contribution in [0.25, 0.3) is 0 Å². The molecule has 0 spiro atoms. The van der Waals surface area contributed by atoms with Gasteiger partial charge < -0.3 is 15.3 Å². The molecule has 0 aromatic carbocycles. The van der Waals surface area contributed by atoms with Crippen LogP contribution in [0.1, 0.15) is 20.8 Å². The topological polar surface area (TPSA) is 90.0 Å². The van der Waals surface area contributed by atoms with Crippen molar-refractivity contribution in [2.75, 3.05) is 25.9 Å². The number of nitrogens with one attached hydrogen (secondary N) is 1. The Morgan fingerprint density at radius 3 is 2.52 bits per heavy atom. The Bertz CT molecular complexity index is 416. The molecule has 0 bridgehead atoms. The van der Waals surface area contributed by atoms with Crippen molar-refractivity contribution >= 4 is 29.7 Å². The summed E-state index contributed by atoms with van der Waals surface area (Å²) in [6, 6.07) is -1.26. The molecule has 0 aliphatic carbocycles. The number of carbonyl (C=O) groups is 3. The molecule has 1 heterocycles. The second-order valence-corrected chi connectivity index (χ2v) is 6.47. The summed E-state index contributed by atoms with van der Waals surface area (Å²) in [6.07, 6.45) is 0. The zero-order chi connectivity index (χ0) is 16.2. The number of likely N-dealkylation sites (N-methyl/N-ethyl adjacent to an activating group) is 2. The van der Waals surface area contributed by atoms with E-state index in [1.807, 2.05) is 13.8 Å². The number of carboxylic acids is 1. The lowest BCUT2D eigenvalue weighted by molar-refractivity contribution is -0.141. The van der Waals surface area contributed by atoms with E-state index in [1.54, 1.807) is 6.92 Å². The van der Waals surface area contributed by atoms with Crippen molar-refractivity contribution < 1.29 is 19.5 Å². The van der Waals surface area contributed by atoms with Crippen LogP contribution in [-0.4, -0.2) is 70.1 Å². The molecule has 1 rings (SSSR count). The molecule has 1 aliphatic rings. The maximum absolute atomic E-state index is 12.5. The summed E-state index contributed by atoms with van der Waals surface area (Å²) in [5.74, 6) is -0.751. The van der Waals surface area contributed by atoms with E-state index in [4.69, 9.17) is 0 Å². The first kappa shape index (κ1) is 17.6. The molecule has 0 aromatic rings. The minimum atomic E-state index is -1.01. The van der Waals surface area contributed by atoms with E-state index in [1.165, 1.54) is 28.6 Å². The number of hydrogen-bond acceptors (Lipinski definition) is 4. The van der Waals surface area contributed by atoms with Crippen LogP contribution >= 0.6 is 11.8 Å². The molecule has 3 amide bonds. The average molecular weight is 317 g/mol. The molecule has 0 radical (unpaired) electrons. The zero-order valence-electron chi connectivity index (χ0n) is 12.8. The van der Waals surface area contributed by atoms with Crippen molar-refractivity contribution in [1.82, 2.24) is 15.1 Å². The van der Waals surface area contributed by atoms with E-state index in [0.717, 1.165) is 0 Å². The average Bonchev–Trinajstić information content (AvgIpc) is 2.82. The fraction of sp³-hybridized carbons (Fsp3) is 0.769. The lowest BCUT2D eigenvalue weighted by Crippen LogP contribution is -2.53. The molecule has 2 unspecified atom stereocenters. The van der Waals surface area contributed by atoms with Crippen molar-refractivity contribution in [3.05, 3.63) is 0 Å². The molecule has 120 valence electrons. The fourth-order valence-corrected chi connectivity index (χ4v) is 3.67. The van der Waals surface area contributed by atoms with Gasteiger partial charge in [0.25, 0.3) is 0 Å². The fourth-order valence-electron chi connectivity index (χ4n) is 2.21. The second-order valence-electron chi connectivity index (χ2n) is 5.32. The number of rotatable bonds is 5. The molecule has 0 aromatic heterocycles. The predicted octanol–water partition coefficient (Wildman–Crippen LogP) is 0.658. The largest absolute Gasteiger partial charge is 0.480 e. The highest BCUT2D eigenvalue weighted by Gasteiger charge is 2.44. The Balaban J connectivity index is 2.83. The molecule has 2 N–H and O–H groups in total. The first-order valence-electron chi connectivity index (χ1n) is 6.94. The number of aliphatic carboxylic acids is 1. The Morgan fingerprint density at radius 2 is 2.05 bits per heavy atom. The minimum Gasteiger partial charge on any atom is -0.480 e. The maximum atomic E-state index is 12.5. The maximum Gasteiger partial charge on any atom is 0.327 e. The van der Waals surface area contributed by atoms with Gasteiger partial charge in [0.1, 0.15) is 12.6 Å². The molecule has 2 atom stereocenters. The molecular formula is C13H23N3O4S. The molecule has 21 heavy (non-hydrogen) atoms. The first-order valence-corrected chi connectivity index (χ1v) is 7.99. The van der Waals surface area contributed by atoms with Crippen LogP contribution in [0.15, 0.2) is 0 Å². The van der Waals surface area contributed by atoms with Gasteiger partial charge in [-0.2, -0.15) is 0 Å². The number of hydrogen-bond donors (Lipinski definition) is 2. The summed E-state index contributed by atoms with van der Waals surface area (Å²) in [5, 5.41) is 11.7. The highest BCUT2D eigenvalue weighted by molar-refractivity contribution is 8.00. The van der Waals surface area contributed by atoms with Gasteiger partial charge >= 0.3 is 12.0 Å². The summed E-state index contributed by atoms with van der Waals surface area (Å²) in [4.78, 5) is 38.0. The summed E-state index contributed by atoms with van der Waals surface area (Å²) in [5.41, 5.74) is 0. The number of nitrogens with zero attached hydrogens (tertiary/aromatic N) is 2. The van der Waals surface area contributed by atoms with Crippen LogP contribution in [0.4, 0.5) is 4.79 Å². The second kappa shape index (κ2) is 7.53. The van der Waals surface area contributed by atoms with Crippen molar-refractivity contribution in [3.63, 3.8) is 0 Å². The highest BCUT2D eigenvalue weighted by Crippen LogP contribution is 2.34. The van der Waals surface area contributed by atoms with E-state index in [2.05, 4.69) is 5.32 Å². The number of carboxylic acid groups (broad SMARTS) is 1. The molecular weight excluding hydrogens is 294 g/mol. The lowest BCUT2D eigenvalue weighted by atomic mass is 10.1. The van der Waals surface area contributed by atoms with Gasteiger partial charge in [-0.15, -0.1) is 11.8 Å². The number of thioether (sulfide) groups is 1. The van der Waals surface area contributed by atoms with E-state index in [9.17, 15) is 19.5 Å². The lowest BCUT2D eigenvalue weighted by Gasteiger charge is -2.33. The van der Waals surface area contributed by atoms with Crippen LogP contribution in [0.3, 0.4) is 0 Å². The van der Waals surface area contributed by atoms with Crippen LogP contribution in [0.5, 0.6) is 0 Å². The molecule has 7 nitrogen and oxygen atoms in total. The Hall–Kier alpha value is -1.44. The van der Waals surface area contributed by atoms with Crippen LogP contribution in [-0.2, 0) is 9.59 Å². The third-order valence-electron chi connectivity index (χ3n) is 3.19. The molecule has 0 saturated carbocycles. The van der Waals surface area contributed by atoms with Crippen LogP contribution in [0.2, 0.25) is 0 Å². The summed E-state index contributed by atoms with van der Waals surface area (Å²) >= 11 is 1.47. The third kappa shape index (κ3) is 4.26. The summed E-state index contributed by atoms with van der Waals surface area (Å²) < 4.78 is 0. The van der Waals surface area contributed by atoms with E-state index in [0.29, 0.717) is 12.3 Å². The number of amides is 3. The van der Waals surface area contributed by atoms with Crippen molar-refractivity contribution in [2.45, 2.75) is 32.2 Å². The van der Waals surface area contributed by atoms with Gasteiger partial charge in [-0.05, 0) is 12.8 Å². The predicted molar refractivity (Wildman–Crippen MR) is 81.1 cm³/mol. The normalized spacial score (nSPS) is 21.5. The van der Waals surface area contributed by atoms with Gasteiger partial charge in [-0.1, -0.05) is 13.8 Å². The third-order valence-corrected chi connectivity index (χ3v) is 4.81. The van der Waals surface area contributed by atoms with Crippen LogP contribution in [0, 0.1) is 5.92 Å². The quantitative estimate of drug-likeness (QED) is 0.777. The van der Waals surface area contributed by atoms with Gasteiger partial charge in [-0.3, -0.25) is 9.69 Å². The number of urea groups is 1. The SMILES string of the molecule is CCNC(=O)CN(C)C(=O)N1C(C(=O)O)CSC1C(C)C. The van der Waals surface area contributed by atoms with Crippen molar-refractivity contribution in [2.24, 2.45) is 5.92 Å². The Kier molecular flexibility index (Phi) is 6.32. The van der Waals surface area contributed by atoms with Crippen molar-refractivity contribution in [1.29, 1.82) is 0 Å². The van der Waals surface area contributed by atoms with E-state index >= 15 is 0 Å². The Morgan fingerprint density at radius 1 is 1.43 bits per heavy atom. The number of carbonyl (C=O) groups excluding carboxylic acids is 2. The molecule has 1 saturated heterocycles. The first-order chi connectivity index (χ1) is 9.79. The van der Waals surface area contributed by atoms with Crippen LogP contribution < -0.4 is 5.32 Å². The highest BCUT2D eigenvalue weighted by atomic mass is 32.2. The molecule has 8 heteroatoms. The van der Waals surface area contributed by atoms with Gasteiger partial charge in [0.2, 0.25) is 5.91 Å². The van der Waals surface area contributed by atoms with E-state index < -0.39 is 18.0 Å². The van der Waals surface area contributed by atoms with Crippen molar-refractivity contribution in [3.8, 4) is 0 Å². The summed E-state index contributed by atoms with van der Waals surface area (Å²) in [6.45, 7) is 6.11. The smallest absolute Gasteiger partial charge is 0.327 e. The minimum absolute atomic E-state index is 0.0784. The standard InChI is InChI=1S/C13H23N3O4S/c1-5-14-10(17)6-15(4)13(20)16-9(12(18)19)7-21-11(16)8(2)3/h8-9,11H,5-7H2,1-4H3,(H,14,17)(H,18,19). The van der Waals surface area contributed by atoms with Gasteiger partial charge in [0, 0.05) is 19.3 Å². The zero-order valence-corrected chi connectivity index (χ0v) is 13.6. The van der Waals surface area contributed by atoms with Gasteiger partial charge in [0.15, 0.2) is 0 Å².